The minimum absolute atomic E-state index is 0.0142. The van der Waals surface area contributed by atoms with Crippen molar-refractivity contribution in [3.63, 3.8) is 0 Å². The van der Waals surface area contributed by atoms with Crippen molar-refractivity contribution in [1.82, 2.24) is 15.5 Å². The topological polar surface area (TPSA) is 83.8 Å². The number of aryl methyl sites for hydroxylation is 1. The Labute approximate surface area is 136 Å². The van der Waals surface area contributed by atoms with Crippen LogP contribution in [-0.2, 0) is 0 Å². The fourth-order valence-electron chi connectivity index (χ4n) is 4.64. The van der Waals surface area contributed by atoms with E-state index in [-0.39, 0.29) is 11.9 Å². The number of nitrogens with one attached hydrogen (secondary N) is 2. The molecule has 2 saturated carbocycles. The Hall–Kier alpha value is -1.88. The van der Waals surface area contributed by atoms with Crippen LogP contribution in [0.4, 0.5) is 0 Å². The van der Waals surface area contributed by atoms with Gasteiger partial charge in [-0.3, -0.25) is 9.89 Å². The maximum absolute atomic E-state index is 12.9. The Morgan fingerprint density at radius 3 is 2.78 bits per heavy atom. The number of H-pyrrole nitrogens is 1. The number of aromatic nitrogens is 2. The lowest BCUT2D eigenvalue weighted by Crippen LogP contribution is -2.53. The summed E-state index contributed by atoms with van der Waals surface area (Å²) in [5.41, 5.74) is 8.79. The molecule has 1 aromatic carbocycles. The smallest absolute Gasteiger partial charge is 0.253 e. The Morgan fingerprint density at radius 2 is 2.04 bits per heavy atom. The number of amides is 1. The number of carbonyl (C=O) groups is 1. The van der Waals surface area contributed by atoms with Crippen molar-refractivity contribution in [3.8, 4) is 0 Å². The molecule has 1 heterocycles. The summed E-state index contributed by atoms with van der Waals surface area (Å²) in [4.78, 5) is 12.9. The van der Waals surface area contributed by atoms with E-state index in [1.165, 1.54) is 19.3 Å². The van der Waals surface area contributed by atoms with Crippen LogP contribution in [0.2, 0.25) is 0 Å². The van der Waals surface area contributed by atoms with E-state index in [9.17, 15) is 4.79 Å². The Balaban J connectivity index is 1.61. The number of rotatable bonds is 2. The quantitative estimate of drug-likeness (QED) is 0.796. The van der Waals surface area contributed by atoms with Crippen LogP contribution in [0.3, 0.4) is 0 Å². The molecule has 2 fully saturated rings. The van der Waals surface area contributed by atoms with Gasteiger partial charge in [0.1, 0.15) is 0 Å². The van der Waals surface area contributed by atoms with E-state index >= 15 is 0 Å². The molecular weight excluding hydrogens is 288 g/mol. The van der Waals surface area contributed by atoms with Crippen molar-refractivity contribution in [1.29, 1.82) is 0 Å². The zero-order chi connectivity index (χ0) is 16.0. The maximum atomic E-state index is 12.9. The largest absolute Gasteiger partial charge is 0.349 e. The van der Waals surface area contributed by atoms with Crippen LogP contribution >= 0.6 is 0 Å². The third kappa shape index (κ3) is 2.63. The molecule has 4 rings (SSSR count). The second kappa shape index (κ2) is 5.64. The summed E-state index contributed by atoms with van der Waals surface area (Å²) >= 11 is 0. The first-order valence-corrected chi connectivity index (χ1v) is 8.62. The van der Waals surface area contributed by atoms with Gasteiger partial charge in [0, 0.05) is 17.5 Å². The molecule has 2 unspecified atom stereocenters. The monoisotopic (exact) mass is 312 g/mol. The van der Waals surface area contributed by atoms with Gasteiger partial charge in [-0.05, 0) is 62.1 Å². The SMILES string of the molecule is Cc1cc(C(=O)NC2C3CCCC2CC(N)C3)c2[nH]ncc2c1. The molecule has 5 heteroatoms. The van der Waals surface area contributed by atoms with E-state index in [1.807, 2.05) is 19.1 Å². The Morgan fingerprint density at radius 1 is 1.30 bits per heavy atom. The third-order valence-corrected chi connectivity index (χ3v) is 5.61. The molecule has 0 saturated heterocycles. The van der Waals surface area contributed by atoms with Gasteiger partial charge in [0.15, 0.2) is 0 Å². The van der Waals surface area contributed by atoms with Crippen molar-refractivity contribution < 1.29 is 4.79 Å². The summed E-state index contributed by atoms with van der Waals surface area (Å²) in [6.07, 6.45) is 7.48. The highest BCUT2D eigenvalue weighted by Gasteiger charge is 2.40. The molecule has 2 bridgehead atoms. The van der Waals surface area contributed by atoms with E-state index in [0.29, 0.717) is 23.4 Å². The second-order valence-corrected chi connectivity index (χ2v) is 7.33. The Kier molecular flexibility index (Phi) is 3.60. The van der Waals surface area contributed by atoms with Crippen LogP contribution in [-0.4, -0.2) is 28.2 Å². The van der Waals surface area contributed by atoms with Gasteiger partial charge in [0.05, 0.1) is 17.3 Å². The lowest BCUT2D eigenvalue weighted by molar-refractivity contribution is 0.0757. The minimum atomic E-state index is 0.0142. The second-order valence-electron chi connectivity index (χ2n) is 7.33. The molecule has 122 valence electrons. The number of benzene rings is 1. The molecule has 2 aliphatic rings. The lowest BCUT2D eigenvalue weighted by atomic mass is 9.67. The van der Waals surface area contributed by atoms with Gasteiger partial charge < -0.3 is 11.1 Å². The molecule has 1 amide bonds. The molecule has 2 aliphatic carbocycles. The highest BCUT2D eigenvalue weighted by Crippen LogP contribution is 2.39. The predicted octanol–water partition coefficient (Wildman–Crippen LogP) is 2.51. The number of nitrogens with zero attached hydrogens (tertiary/aromatic N) is 1. The van der Waals surface area contributed by atoms with Gasteiger partial charge in [-0.25, -0.2) is 0 Å². The van der Waals surface area contributed by atoms with E-state index in [4.69, 9.17) is 5.73 Å². The highest BCUT2D eigenvalue weighted by molar-refractivity contribution is 6.05. The molecule has 1 aromatic heterocycles. The number of fused-ring (bicyclic) bond motifs is 3. The van der Waals surface area contributed by atoms with Crippen molar-refractivity contribution in [3.05, 3.63) is 29.5 Å². The first-order valence-electron chi connectivity index (χ1n) is 8.62. The minimum Gasteiger partial charge on any atom is -0.349 e. The maximum Gasteiger partial charge on any atom is 0.253 e. The molecule has 0 radical (unpaired) electrons. The Bertz CT molecular complexity index is 724. The zero-order valence-corrected chi connectivity index (χ0v) is 13.5. The summed E-state index contributed by atoms with van der Waals surface area (Å²) in [6.45, 7) is 2.01. The van der Waals surface area contributed by atoms with Gasteiger partial charge >= 0.3 is 0 Å². The first-order chi connectivity index (χ1) is 11.1. The van der Waals surface area contributed by atoms with E-state index in [2.05, 4.69) is 15.5 Å². The summed E-state index contributed by atoms with van der Waals surface area (Å²) in [7, 11) is 0. The number of hydrogen-bond acceptors (Lipinski definition) is 3. The van der Waals surface area contributed by atoms with E-state index in [0.717, 1.165) is 29.3 Å². The molecule has 0 spiro atoms. The molecular formula is C18H24N4O. The fourth-order valence-corrected chi connectivity index (χ4v) is 4.64. The number of aromatic amines is 1. The summed E-state index contributed by atoms with van der Waals surface area (Å²) in [6, 6.07) is 4.57. The summed E-state index contributed by atoms with van der Waals surface area (Å²) < 4.78 is 0. The first kappa shape index (κ1) is 14.7. The standard InChI is InChI=1S/C18H24N4O/c1-10-5-13-9-20-22-17(13)15(6-10)18(23)21-16-11-3-2-4-12(16)8-14(19)7-11/h5-6,9,11-12,14,16H,2-4,7-8,19H2,1H3,(H,20,22)(H,21,23). The molecule has 2 atom stereocenters. The fraction of sp³-hybridized carbons (Fsp3) is 0.556. The van der Waals surface area contributed by atoms with Crippen LogP contribution in [0.15, 0.2) is 18.3 Å². The number of nitrogens with two attached hydrogens (primary N) is 1. The predicted molar refractivity (Wildman–Crippen MR) is 90.1 cm³/mol. The average molecular weight is 312 g/mol. The van der Waals surface area contributed by atoms with Crippen LogP contribution in [0, 0.1) is 18.8 Å². The number of carbonyl (C=O) groups excluding carboxylic acids is 1. The van der Waals surface area contributed by atoms with Crippen molar-refractivity contribution in [2.75, 3.05) is 0 Å². The third-order valence-electron chi connectivity index (χ3n) is 5.61. The van der Waals surface area contributed by atoms with E-state index < -0.39 is 0 Å². The number of hydrogen-bond donors (Lipinski definition) is 3. The molecule has 23 heavy (non-hydrogen) atoms. The summed E-state index contributed by atoms with van der Waals surface area (Å²) in [5, 5.41) is 11.3. The molecule has 0 aliphatic heterocycles. The van der Waals surface area contributed by atoms with Crippen molar-refractivity contribution in [2.45, 2.75) is 51.1 Å². The van der Waals surface area contributed by atoms with Gasteiger partial charge in [-0.1, -0.05) is 6.42 Å². The van der Waals surface area contributed by atoms with Crippen LogP contribution in [0.5, 0.6) is 0 Å². The van der Waals surface area contributed by atoms with Crippen molar-refractivity contribution >= 4 is 16.8 Å². The normalized spacial score (nSPS) is 30.3. The van der Waals surface area contributed by atoms with Crippen LogP contribution < -0.4 is 11.1 Å². The molecule has 5 nitrogen and oxygen atoms in total. The van der Waals surface area contributed by atoms with Gasteiger partial charge in [-0.15, -0.1) is 0 Å². The van der Waals surface area contributed by atoms with Gasteiger partial charge in [0.25, 0.3) is 5.91 Å². The van der Waals surface area contributed by atoms with E-state index in [1.54, 1.807) is 6.20 Å². The zero-order valence-electron chi connectivity index (χ0n) is 13.5. The van der Waals surface area contributed by atoms with Gasteiger partial charge in [0.2, 0.25) is 0 Å². The van der Waals surface area contributed by atoms with Crippen molar-refractivity contribution in [2.24, 2.45) is 17.6 Å². The lowest BCUT2D eigenvalue weighted by Gasteiger charge is -2.45. The average Bonchev–Trinajstić information content (AvgIpc) is 2.95. The highest BCUT2D eigenvalue weighted by atomic mass is 16.1. The molecule has 2 aromatic rings. The molecule has 4 N–H and O–H groups in total. The van der Waals surface area contributed by atoms with Crippen LogP contribution in [0.25, 0.3) is 10.9 Å². The van der Waals surface area contributed by atoms with Crippen LogP contribution in [0.1, 0.15) is 48.0 Å². The summed E-state index contributed by atoms with van der Waals surface area (Å²) in [5.74, 6) is 1.08. The van der Waals surface area contributed by atoms with Gasteiger partial charge in [-0.2, -0.15) is 5.10 Å².